The molecule has 0 saturated heterocycles. The summed E-state index contributed by atoms with van der Waals surface area (Å²) in [6, 6.07) is 8.26. The highest BCUT2D eigenvalue weighted by molar-refractivity contribution is 5.86. The van der Waals surface area contributed by atoms with Crippen molar-refractivity contribution < 1.29 is 9.90 Å². The number of aryl methyl sites for hydroxylation is 1. The van der Waals surface area contributed by atoms with E-state index in [1.807, 2.05) is 25.1 Å². The minimum absolute atomic E-state index is 0.0587. The summed E-state index contributed by atoms with van der Waals surface area (Å²) >= 11 is 0. The number of carbonyl (C=O) groups is 1. The smallest absolute Gasteiger partial charge is 0.358 e. The number of aromatic nitrogens is 3. The van der Waals surface area contributed by atoms with E-state index in [0.717, 1.165) is 24.0 Å². The van der Waals surface area contributed by atoms with Crippen molar-refractivity contribution in [1.82, 2.24) is 15.0 Å². The minimum atomic E-state index is -1.02. The van der Waals surface area contributed by atoms with E-state index in [-0.39, 0.29) is 11.7 Å². The third kappa shape index (κ3) is 3.29. The topological polar surface area (TPSA) is 68.0 Å². The highest BCUT2D eigenvalue weighted by atomic mass is 16.4. The van der Waals surface area contributed by atoms with E-state index >= 15 is 0 Å². The van der Waals surface area contributed by atoms with Crippen LogP contribution in [0.3, 0.4) is 0 Å². The van der Waals surface area contributed by atoms with E-state index in [4.69, 9.17) is 0 Å². The minimum Gasteiger partial charge on any atom is -0.476 e. The molecule has 0 bridgehead atoms. The normalized spacial score (nSPS) is 11.0. The summed E-state index contributed by atoms with van der Waals surface area (Å²) in [4.78, 5) is 11.4. The number of rotatable bonds is 6. The highest BCUT2D eigenvalue weighted by Gasteiger charge is 2.22. The summed E-state index contributed by atoms with van der Waals surface area (Å²) in [5, 5.41) is 17.3. The Kier molecular flexibility index (Phi) is 4.73. The van der Waals surface area contributed by atoms with Crippen molar-refractivity contribution in [1.29, 1.82) is 0 Å². The molecule has 0 saturated carbocycles. The number of carboxylic acids is 1. The van der Waals surface area contributed by atoms with Crippen LogP contribution in [0.15, 0.2) is 24.3 Å². The van der Waals surface area contributed by atoms with Gasteiger partial charge in [-0.2, -0.15) is 0 Å². The largest absolute Gasteiger partial charge is 0.476 e. The third-order valence-electron chi connectivity index (χ3n) is 3.74. The second kappa shape index (κ2) is 6.52. The molecule has 1 N–H and O–H groups in total. The first-order chi connectivity index (χ1) is 10.1. The molecule has 5 heteroatoms. The van der Waals surface area contributed by atoms with Gasteiger partial charge in [0.05, 0.1) is 11.7 Å². The zero-order valence-corrected chi connectivity index (χ0v) is 12.7. The predicted octanol–water partition coefficient (Wildman–Crippen LogP) is 3.24. The van der Waals surface area contributed by atoms with E-state index in [0.29, 0.717) is 12.1 Å². The Morgan fingerprint density at radius 2 is 2.05 bits per heavy atom. The summed E-state index contributed by atoms with van der Waals surface area (Å²) in [6.07, 6.45) is 2.34. The van der Waals surface area contributed by atoms with Gasteiger partial charge in [-0.25, -0.2) is 9.48 Å². The molecular formula is C16H21N3O2. The maximum atomic E-state index is 11.4. The van der Waals surface area contributed by atoms with Crippen molar-refractivity contribution in [3.63, 3.8) is 0 Å². The van der Waals surface area contributed by atoms with Crippen molar-refractivity contribution in [2.45, 2.75) is 46.1 Å². The van der Waals surface area contributed by atoms with Crippen LogP contribution in [0.5, 0.6) is 0 Å². The molecule has 1 heterocycles. The molecule has 0 spiro atoms. The fraction of sp³-hybridized carbons (Fsp3) is 0.438. The lowest BCUT2D eigenvalue weighted by Gasteiger charge is -2.16. The molecule has 0 aliphatic rings. The molecule has 1 aromatic carbocycles. The third-order valence-corrected chi connectivity index (χ3v) is 3.74. The average Bonchev–Trinajstić information content (AvgIpc) is 2.84. The van der Waals surface area contributed by atoms with Gasteiger partial charge in [-0.1, -0.05) is 48.9 Å². The SMILES string of the molecule is CCC(CC)n1nnc(C(=O)O)c1Cc1cccc(C)c1. The van der Waals surface area contributed by atoms with Gasteiger partial charge in [-0.15, -0.1) is 5.10 Å². The lowest BCUT2D eigenvalue weighted by molar-refractivity contribution is 0.0689. The first-order valence-electron chi connectivity index (χ1n) is 7.29. The van der Waals surface area contributed by atoms with Gasteiger partial charge in [0.2, 0.25) is 0 Å². The van der Waals surface area contributed by atoms with Gasteiger partial charge in [0.25, 0.3) is 0 Å². The molecule has 0 radical (unpaired) electrons. The van der Waals surface area contributed by atoms with Crippen molar-refractivity contribution in [2.75, 3.05) is 0 Å². The van der Waals surface area contributed by atoms with E-state index in [1.165, 1.54) is 0 Å². The molecule has 0 amide bonds. The summed E-state index contributed by atoms with van der Waals surface area (Å²) in [6.45, 7) is 6.18. The van der Waals surface area contributed by atoms with Crippen LogP contribution in [-0.2, 0) is 6.42 Å². The van der Waals surface area contributed by atoms with E-state index in [1.54, 1.807) is 4.68 Å². The molecule has 1 aromatic heterocycles. The standard InChI is InChI=1S/C16H21N3O2/c1-4-13(5-2)19-14(15(16(20)21)17-18-19)10-12-8-6-7-11(3)9-12/h6-9,13H,4-5,10H2,1-3H3,(H,20,21). The van der Waals surface area contributed by atoms with Crippen LogP contribution in [0.1, 0.15) is 60.0 Å². The fourth-order valence-electron chi connectivity index (χ4n) is 2.59. The quantitative estimate of drug-likeness (QED) is 0.885. The van der Waals surface area contributed by atoms with Gasteiger partial charge in [-0.05, 0) is 25.3 Å². The lowest BCUT2D eigenvalue weighted by Crippen LogP contribution is -2.14. The molecule has 5 nitrogen and oxygen atoms in total. The van der Waals surface area contributed by atoms with Crippen LogP contribution in [0, 0.1) is 6.92 Å². The molecule has 21 heavy (non-hydrogen) atoms. The van der Waals surface area contributed by atoms with Gasteiger partial charge >= 0.3 is 5.97 Å². The predicted molar refractivity (Wildman–Crippen MR) is 80.6 cm³/mol. The van der Waals surface area contributed by atoms with Gasteiger partial charge in [-0.3, -0.25) is 0 Å². The van der Waals surface area contributed by atoms with Crippen LogP contribution in [0.2, 0.25) is 0 Å². The molecule has 0 aliphatic heterocycles. The molecule has 0 aliphatic carbocycles. The summed E-state index contributed by atoms with van der Waals surface area (Å²) in [5.41, 5.74) is 2.98. The molecule has 112 valence electrons. The van der Waals surface area contributed by atoms with Crippen LogP contribution < -0.4 is 0 Å². The summed E-state index contributed by atoms with van der Waals surface area (Å²) < 4.78 is 1.78. The molecular weight excluding hydrogens is 266 g/mol. The van der Waals surface area contributed by atoms with Crippen LogP contribution in [0.4, 0.5) is 0 Å². The Hall–Kier alpha value is -2.17. The van der Waals surface area contributed by atoms with Gasteiger partial charge < -0.3 is 5.11 Å². The van der Waals surface area contributed by atoms with Crippen molar-refractivity contribution in [3.8, 4) is 0 Å². The zero-order chi connectivity index (χ0) is 15.4. The lowest BCUT2D eigenvalue weighted by atomic mass is 10.0. The monoisotopic (exact) mass is 287 g/mol. The number of hydrogen-bond donors (Lipinski definition) is 1. The maximum Gasteiger partial charge on any atom is 0.358 e. The van der Waals surface area contributed by atoms with E-state index in [9.17, 15) is 9.90 Å². The Bertz CT molecular complexity index is 630. The molecule has 0 unspecified atom stereocenters. The first-order valence-corrected chi connectivity index (χ1v) is 7.29. The summed E-state index contributed by atoms with van der Waals surface area (Å²) in [7, 11) is 0. The average molecular weight is 287 g/mol. The van der Waals surface area contributed by atoms with Crippen LogP contribution in [0.25, 0.3) is 0 Å². The molecule has 2 aromatic rings. The number of carboxylic acid groups (broad SMARTS) is 1. The molecule has 0 atom stereocenters. The second-order valence-corrected chi connectivity index (χ2v) is 5.27. The summed E-state index contributed by atoms with van der Waals surface area (Å²) in [5.74, 6) is -1.02. The van der Waals surface area contributed by atoms with Crippen LogP contribution in [-0.4, -0.2) is 26.1 Å². The van der Waals surface area contributed by atoms with Gasteiger partial charge in [0.15, 0.2) is 5.69 Å². The number of nitrogens with zero attached hydrogens (tertiary/aromatic N) is 3. The number of benzene rings is 1. The van der Waals surface area contributed by atoms with E-state index < -0.39 is 5.97 Å². The first kappa shape index (κ1) is 15.2. The molecule has 2 rings (SSSR count). The number of hydrogen-bond acceptors (Lipinski definition) is 3. The fourth-order valence-corrected chi connectivity index (χ4v) is 2.59. The zero-order valence-electron chi connectivity index (χ0n) is 12.7. The Morgan fingerprint density at radius 3 is 2.62 bits per heavy atom. The molecule has 0 fully saturated rings. The van der Waals surface area contributed by atoms with Crippen LogP contribution >= 0.6 is 0 Å². The maximum absolute atomic E-state index is 11.4. The van der Waals surface area contributed by atoms with Crippen molar-refractivity contribution >= 4 is 5.97 Å². The number of aromatic carboxylic acids is 1. The van der Waals surface area contributed by atoms with Gasteiger partial charge in [0, 0.05) is 6.42 Å². The second-order valence-electron chi connectivity index (χ2n) is 5.27. The van der Waals surface area contributed by atoms with Crippen molar-refractivity contribution in [3.05, 3.63) is 46.8 Å². The van der Waals surface area contributed by atoms with Gasteiger partial charge in [0.1, 0.15) is 0 Å². The highest BCUT2D eigenvalue weighted by Crippen LogP contribution is 2.21. The van der Waals surface area contributed by atoms with Crippen molar-refractivity contribution in [2.24, 2.45) is 0 Å². The van der Waals surface area contributed by atoms with E-state index in [2.05, 4.69) is 30.2 Å². The Balaban J connectivity index is 2.44. The Labute approximate surface area is 124 Å². The Morgan fingerprint density at radius 1 is 1.33 bits per heavy atom.